The zero-order valence-corrected chi connectivity index (χ0v) is 9.36. The number of hydrogen-bond acceptors (Lipinski definition) is 2. The number of halogens is 6. The number of rotatable bonds is 2. The minimum atomic E-state index is -4.78. The Morgan fingerprint density at radius 1 is 1.38 bits per heavy atom. The summed E-state index contributed by atoms with van der Waals surface area (Å²) in [6.45, 7) is 0. The molecule has 1 aromatic heterocycles. The van der Waals surface area contributed by atoms with Crippen LogP contribution < -0.4 is 4.74 Å². The monoisotopic (exact) mass is 305 g/mol. The van der Waals surface area contributed by atoms with Crippen LogP contribution in [0.4, 0.5) is 22.0 Å². The van der Waals surface area contributed by atoms with Crippen LogP contribution >= 0.6 is 15.9 Å². The molecule has 1 heterocycles. The van der Waals surface area contributed by atoms with E-state index in [1.54, 1.807) is 0 Å². The van der Waals surface area contributed by atoms with Gasteiger partial charge in [0.1, 0.15) is 10.3 Å². The quantitative estimate of drug-likeness (QED) is 0.612. The van der Waals surface area contributed by atoms with Gasteiger partial charge in [0.15, 0.2) is 5.75 Å². The molecule has 0 aromatic carbocycles. The van der Waals surface area contributed by atoms with Gasteiger partial charge in [-0.1, -0.05) is 0 Å². The first-order valence-electron chi connectivity index (χ1n) is 3.87. The lowest BCUT2D eigenvalue weighted by molar-refractivity contribution is -0.141. The molecule has 0 saturated carbocycles. The summed E-state index contributed by atoms with van der Waals surface area (Å²) in [5.74, 6) is -0.400. The smallest absolute Gasteiger partial charge is 0.433 e. The molecule has 1 aromatic rings. The van der Waals surface area contributed by atoms with Crippen molar-refractivity contribution in [3.8, 4) is 5.75 Å². The van der Waals surface area contributed by atoms with E-state index < -0.39 is 34.2 Å². The molecular weight excluding hydrogens is 301 g/mol. The van der Waals surface area contributed by atoms with Gasteiger partial charge in [-0.25, -0.2) is 13.8 Å². The van der Waals surface area contributed by atoms with E-state index in [1.165, 1.54) is 0 Å². The number of nitrogens with zero attached hydrogens (tertiary/aromatic N) is 1. The van der Waals surface area contributed by atoms with Gasteiger partial charge in [0.05, 0.1) is 12.7 Å². The molecule has 0 saturated heterocycles. The van der Waals surface area contributed by atoms with Crippen LogP contribution in [0.2, 0.25) is 0 Å². The van der Waals surface area contributed by atoms with E-state index in [9.17, 15) is 22.0 Å². The predicted molar refractivity (Wildman–Crippen MR) is 48.4 cm³/mol. The lowest BCUT2D eigenvalue weighted by atomic mass is 10.2. The molecule has 0 amide bonds. The standard InChI is InChI=1S/C8H5BrF5NO/c1-16-5-3(7(10)11)2-4(8(12,13)14)15-6(5)9/h2,7H,1H3. The van der Waals surface area contributed by atoms with Crippen LogP contribution in [0.25, 0.3) is 0 Å². The summed E-state index contributed by atoms with van der Waals surface area (Å²) in [7, 11) is 1.07. The fourth-order valence-corrected chi connectivity index (χ4v) is 1.61. The number of pyridine rings is 1. The van der Waals surface area contributed by atoms with Gasteiger partial charge in [0, 0.05) is 0 Å². The van der Waals surface area contributed by atoms with Crippen molar-refractivity contribution in [1.29, 1.82) is 0 Å². The third kappa shape index (κ3) is 2.60. The van der Waals surface area contributed by atoms with Crippen molar-refractivity contribution in [2.24, 2.45) is 0 Å². The van der Waals surface area contributed by atoms with Gasteiger partial charge in [-0.05, 0) is 22.0 Å². The van der Waals surface area contributed by atoms with Gasteiger partial charge >= 0.3 is 6.18 Å². The van der Waals surface area contributed by atoms with Crippen LogP contribution in [0.3, 0.4) is 0 Å². The van der Waals surface area contributed by atoms with Crippen LogP contribution in [-0.4, -0.2) is 12.1 Å². The summed E-state index contributed by atoms with van der Waals surface area (Å²) < 4.78 is 65.9. The Morgan fingerprint density at radius 3 is 2.31 bits per heavy atom. The highest BCUT2D eigenvalue weighted by molar-refractivity contribution is 9.10. The maximum atomic E-state index is 12.5. The lowest BCUT2D eigenvalue weighted by Gasteiger charge is -2.13. The van der Waals surface area contributed by atoms with Gasteiger partial charge in [-0.15, -0.1) is 0 Å². The van der Waals surface area contributed by atoms with E-state index in [0.717, 1.165) is 7.11 Å². The summed E-state index contributed by atoms with van der Waals surface area (Å²) >= 11 is 2.65. The Morgan fingerprint density at radius 2 is 1.94 bits per heavy atom. The Hall–Kier alpha value is -0.920. The van der Waals surface area contributed by atoms with E-state index in [1.807, 2.05) is 0 Å². The maximum absolute atomic E-state index is 12.5. The molecule has 0 aliphatic carbocycles. The third-order valence-corrected chi connectivity index (χ3v) is 2.23. The normalized spacial score (nSPS) is 12.0. The molecular formula is C8H5BrF5NO. The second-order valence-electron chi connectivity index (χ2n) is 2.72. The van der Waals surface area contributed by atoms with Crippen molar-refractivity contribution < 1.29 is 26.7 Å². The average molecular weight is 306 g/mol. The van der Waals surface area contributed by atoms with Crippen molar-refractivity contribution in [2.45, 2.75) is 12.6 Å². The van der Waals surface area contributed by atoms with Crippen LogP contribution in [0, 0.1) is 0 Å². The Balaban J connectivity index is 3.40. The summed E-state index contributed by atoms with van der Waals surface area (Å²) in [5.41, 5.74) is -2.24. The van der Waals surface area contributed by atoms with Crippen molar-refractivity contribution in [1.82, 2.24) is 4.98 Å². The molecule has 0 unspecified atom stereocenters. The molecule has 2 nitrogen and oxygen atoms in total. The topological polar surface area (TPSA) is 22.1 Å². The first-order chi connectivity index (χ1) is 7.27. The minimum Gasteiger partial charge on any atom is -0.493 e. The highest BCUT2D eigenvalue weighted by Crippen LogP contribution is 2.38. The van der Waals surface area contributed by atoms with Crippen LogP contribution in [-0.2, 0) is 6.18 Å². The number of aromatic nitrogens is 1. The minimum absolute atomic E-state index is 0.272. The van der Waals surface area contributed by atoms with Gasteiger partial charge < -0.3 is 4.74 Å². The molecule has 16 heavy (non-hydrogen) atoms. The van der Waals surface area contributed by atoms with E-state index in [0.29, 0.717) is 0 Å². The molecule has 0 atom stereocenters. The van der Waals surface area contributed by atoms with Crippen LogP contribution in [0.15, 0.2) is 10.7 Å². The highest BCUT2D eigenvalue weighted by atomic mass is 79.9. The van der Waals surface area contributed by atoms with Gasteiger partial charge in [0.2, 0.25) is 0 Å². The highest BCUT2D eigenvalue weighted by Gasteiger charge is 2.35. The Bertz CT molecular complexity index is 393. The second-order valence-corrected chi connectivity index (χ2v) is 3.47. The molecule has 0 aliphatic heterocycles. The molecule has 90 valence electrons. The molecule has 0 bridgehead atoms. The fraction of sp³-hybridized carbons (Fsp3) is 0.375. The summed E-state index contributed by atoms with van der Waals surface area (Å²) in [5, 5.41) is 0. The molecule has 0 radical (unpaired) electrons. The van der Waals surface area contributed by atoms with E-state index in [-0.39, 0.29) is 6.07 Å². The SMILES string of the molecule is COc1c(C(F)F)cc(C(F)(F)F)nc1Br. The average Bonchev–Trinajstić information content (AvgIpc) is 2.14. The molecule has 1 rings (SSSR count). The Labute approximate surface area is 95.6 Å². The fourth-order valence-electron chi connectivity index (χ4n) is 1.03. The van der Waals surface area contributed by atoms with Crippen molar-refractivity contribution >= 4 is 15.9 Å². The zero-order valence-electron chi connectivity index (χ0n) is 7.78. The first-order valence-corrected chi connectivity index (χ1v) is 4.66. The van der Waals surface area contributed by atoms with Gasteiger partial charge in [-0.2, -0.15) is 13.2 Å². The molecule has 0 spiro atoms. The number of methoxy groups -OCH3 is 1. The van der Waals surface area contributed by atoms with Crippen LogP contribution in [0.5, 0.6) is 5.75 Å². The van der Waals surface area contributed by atoms with Gasteiger partial charge in [-0.3, -0.25) is 0 Å². The van der Waals surface area contributed by atoms with Crippen molar-refractivity contribution in [3.63, 3.8) is 0 Å². The van der Waals surface area contributed by atoms with Crippen LogP contribution in [0.1, 0.15) is 17.7 Å². The van der Waals surface area contributed by atoms with E-state index in [4.69, 9.17) is 0 Å². The zero-order chi connectivity index (χ0) is 12.5. The Kier molecular flexibility index (Phi) is 3.72. The number of ether oxygens (including phenoxy) is 1. The number of alkyl halides is 5. The predicted octanol–water partition coefficient (Wildman–Crippen LogP) is 3.81. The summed E-state index contributed by atoms with van der Waals surface area (Å²) in [6.07, 6.45) is -7.85. The summed E-state index contributed by atoms with van der Waals surface area (Å²) in [4.78, 5) is 3.09. The van der Waals surface area contributed by atoms with E-state index >= 15 is 0 Å². The molecule has 0 fully saturated rings. The number of hydrogen-bond donors (Lipinski definition) is 0. The molecule has 0 aliphatic rings. The van der Waals surface area contributed by atoms with E-state index in [2.05, 4.69) is 25.7 Å². The third-order valence-electron chi connectivity index (χ3n) is 1.69. The lowest BCUT2D eigenvalue weighted by Crippen LogP contribution is -2.10. The largest absolute Gasteiger partial charge is 0.493 e. The van der Waals surface area contributed by atoms with Crippen molar-refractivity contribution in [3.05, 3.63) is 21.9 Å². The molecule has 8 heteroatoms. The summed E-state index contributed by atoms with van der Waals surface area (Å²) in [6, 6.07) is 0.272. The van der Waals surface area contributed by atoms with Gasteiger partial charge in [0.25, 0.3) is 6.43 Å². The molecule has 0 N–H and O–H groups in total. The van der Waals surface area contributed by atoms with Crippen molar-refractivity contribution in [2.75, 3.05) is 7.11 Å². The second kappa shape index (κ2) is 4.52. The first kappa shape index (κ1) is 13.1. The maximum Gasteiger partial charge on any atom is 0.433 e.